The molecule has 3 aromatic heterocycles. The van der Waals surface area contributed by atoms with Gasteiger partial charge in [0.05, 0.1) is 25.5 Å². The molecule has 0 fully saturated rings. The van der Waals surface area contributed by atoms with Crippen LogP contribution >= 0.6 is 0 Å². The number of carbonyl (C=O) groups excluding carboxylic acids is 1. The van der Waals surface area contributed by atoms with Gasteiger partial charge >= 0.3 is 5.69 Å². The molecule has 2 aromatic carbocycles. The summed E-state index contributed by atoms with van der Waals surface area (Å²) in [4.78, 5) is 25.7. The van der Waals surface area contributed by atoms with Gasteiger partial charge in [-0.25, -0.2) is 14.2 Å². The number of hydrogen-bond acceptors (Lipinski definition) is 6. The van der Waals surface area contributed by atoms with Crippen LogP contribution in [0.4, 0.5) is 0 Å². The summed E-state index contributed by atoms with van der Waals surface area (Å²) in [7, 11) is 3.13. The summed E-state index contributed by atoms with van der Waals surface area (Å²) >= 11 is 0. The largest absolute Gasteiger partial charge is 0.493 e. The third kappa shape index (κ3) is 4.81. The lowest BCUT2D eigenvalue weighted by molar-refractivity contribution is 0.0953. The van der Waals surface area contributed by atoms with Gasteiger partial charge in [0.1, 0.15) is 5.69 Å². The number of fused-ring (bicyclic) bond motifs is 1. The zero-order valence-corrected chi connectivity index (χ0v) is 20.5. The van der Waals surface area contributed by atoms with Crippen molar-refractivity contribution in [1.29, 1.82) is 0 Å². The Kier molecular flexibility index (Phi) is 6.71. The van der Waals surface area contributed by atoms with E-state index >= 15 is 0 Å². The highest BCUT2D eigenvalue weighted by atomic mass is 16.5. The fourth-order valence-electron chi connectivity index (χ4n) is 4.09. The third-order valence-corrected chi connectivity index (χ3v) is 5.96. The first-order valence-corrected chi connectivity index (χ1v) is 11.8. The first-order chi connectivity index (χ1) is 18.1. The smallest absolute Gasteiger partial charge is 0.350 e. The Morgan fingerprint density at radius 1 is 0.946 bits per heavy atom. The van der Waals surface area contributed by atoms with Crippen LogP contribution in [-0.2, 0) is 6.54 Å². The molecule has 5 rings (SSSR count). The number of hydrogen-bond donors (Lipinski definition) is 1. The van der Waals surface area contributed by atoms with Crippen molar-refractivity contribution in [1.82, 2.24) is 29.3 Å². The van der Waals surface area contributed by atoms with Crippen molar-refractivity contribution < 1.29 is 14.3 Å². The van der Waals surface area contributed by atoms with Crippen LogP contribution < -0.4 is 20.5 Å². The van der Waals surface area contributed by atoms with Gasteiger partial charge in [0, 0.05) is 31.0 Å². The third-order valence-electron chi connectivity index (χ3n) is 5.96. The Morgan fingerprint density at radius 3 is 2.49 bits per heavy atom. The molecular weight excluding hydrogens is 472 g/mol. The number of para-hydroxylation sites is 1. The SMILES string of the molecule is COc1ccc(-c2nn(-c3ccccc3)cc2C(=O)NCCCn2nc3ccccn3c2=O)cc1OC. The lowest BCUT2D eigenvalue weighted by Gasteiger charge is -2.10. The van der Waals surface area contributed by atoms with Crippen LogP contribution in [0.3, 0.4) is 0 Å². The van der Waals surface area contributed by atoms with Crippen LogP contribution in [0.25, 0.3) is 22.6 Å². The van der Waals surface area contributed by atoms with Crippen molar-refractivity contribution in [2.75, 3.05) is 20.8 Å². The summed E-state index contributed by atoms with van der Waals surface area (Å²) in [6.07, 6.45) is 3.93. The topological polar surface area (TPSA) is 105 Å². The number of ether oxygens (including phenoxy) is 2. The van der Waals surface area contributed by atoms with Gasteiger partial charge in [0.25, 0.3) is 5.91 Å². The van der Waals surface area contributed by atoms with E-state index in [9.17, 15) is 9.59 Å². The Morgan fingerprint density at radius 2 is 1.73 bits per heavy atom. The molecule has 0 aliphatic heterocycles. The molecule has 0 aliphatic carbocycles. The molecule has 3 heterocycles. The van der Waals surface area contributed by atoms with E-state index in [4.69, 9.17) is 14.6 Å². The van der Waals surface area contributed by atoms with Crippen molar-refractivity contribution in [3.8, 4) is 28.4 Å². The average molecular weight is 499 g/mol. The second-order valence-electron chi connectivity index (χ2n) is 8.29. The fourth-order valence-corrected chi connectivity index (χ4v) is 4.09. The van der Waals surface area contributed by atoms with E-state index in [1.165, 1.54) is 9.08 Å². The summed E-state index contributed by atoms with van der Waals surface area (Å²) in [5.74, 6) is 0.856. The molecule has 0 unspecified atom stereocenters. The Labute approximate surface area is 212 Å². The molecule has 1 N–H and O–H groups in total. The molecule has 0 saturated carbocycles. The molecule has 1 amide bonds. The quantitative estimate of drug-likeness (QED) is 0.313. The molecule has 0 bridgehead atoms. The van der Waals surface area contributed by atoms with Crippen LogP contribution in [0, 0.1) is 0 Å². The van der Waals surface area contributed by atoms with Crippen molar-refractivity contribution in [2.24, 2.45) is 0 Å². The van der Waals surface area contributed by atoms with Crippen molar-refractivity contribution in [3.63, 3.8) is 0 Å². The molecular formula is C27H26N6O4. The summed E-state index contributed by atoms with van der Waals surface area (Å²) in [6, 6.07) is 20.4. The lowest BCUT2D eigenvalue weighted by atomic mass is 10.1. The zero-order chi connectivity index (χ0) is 25.8. The normalized spacial score (nSPS) is 11.0. The standard InChI is InChI=1S/C27H26N6O4/c1-36-22-13-12-19(17-23(22)37-2)25-21(18-33(30-25)20-9-4-3-5-10-20)26(34)28-14-8-16-32-27(35)31-15-7-6-11-24(31)29-32/h3-7,9-13,15,17-18H,8,14,16H2,1-2H3,(H,28,34). The van der Waals surface area contributed by atoms with Gasteiger partial charge in [-0.1, -0.05) is 24.3 Å². The van der Waals surface area contributed by atoms with Crippen LogP contribution in [0.2, 0.25) is 0 Å². The highest BCUT2D eigenvalue weighted by Gasteiger charge is 2.20. The number of benzene rings is 2. The number of rotatable bonds is 9. The average Bonchev–Trinajstić information content (AvgIpc) is 3.53. The molecule has 0 aliphatic rings. The summed E-state index contributed by atoms with van der Waals surface area (Å²) in [5.41, 5.74) is 2.86. The van der Waals surface area contributed by atoms with Gasteiger partial charge in [-0.05, 0) is 48.9 Å². The molecule has 0 spiro atoms. The van der Waals surface area contributed by atoms with E-state index in [2.05, 4.69) is 10.4 Å². The Balaban J connectivity index is 1.37. The number of aryl methyl sites for hydroxylation is 1. The number of methoxy groups -OCH3 is 2. The fraction of sp³-hybridized carbons (Fsp3) is 0.185. The van der Waals surface area contributed by atoms with E-state index in [1.807, 2.05) is 42.5 Å². The summed E-state index contributed by atoms with van der Waals surface area (Å²) < 4.78 is 15.4. The van der Waals surface area contributed by atoms with E-state index < -0.39 is 0 Å². The molecule has 0 saturated heterocycles. The number of aromatic nitrogens is 5. The Bertz CT molecular complexity index is 1600. The van der Waals surface area contributed by atoms with Crippen molar-refractivity contribution in [2.45, 2.75) is 13.0 Å². The van der Waals surface area contributed by atoms with Crippen molar-refractivity contribution >= 4 is 11.6 Å². The number of carbonyl (C=O) groups is 1. The number of nitrogens with one attached hydrogen (secondary N) is 1. The molecule has 0 radical (unpaired) electrons. The number of pyridine rings is 1. The Hall–Kier alpha value is -4.86. The van der Waals surface area contributed by atoms with Gasteiger partial charge in [-0.15, -0.1) is 5.10 Å². The van der Waals surface area contributed by atoms with E-state index in [0.29, 0.717) is 53.5 Å². The predicted octanol–water partition coefficient (Wildman–Crippen LogP) is 3.19. The molecule has 37 heavy (non-hydrogen) atoms. The van der Waals surface area contributed by atoms with Crippen LogP contribution in [0.15, 0.2) is 83.9 Å². The second kappa shape index (κ2) is 10.4. The first kappa shape index (κ1) is 23.9. The predicted molar refractivity (Wildman–Crippen MR) is 139 cm³/mol. The monoisotopic (exact) mass is 498 g/mol. The van der Waals surface area contributed by atoms with Crippen LogP contribution in [0.1, 0.15) is 16.8 Å². The lowest BCUT2D eigenvalue weighted by Crippen LogP contribution is -2.27. The number of nitrogens with zero attached hydrogens (tertiary/aromatic N) is 5. The van der Waals surface area contributed by atoms with E-state index in [0.717, 1.165) is 5.69 Å². The number of amides is 1. The first-order valence-electron chi connectivity index (χ1n) is 11.8. The van der Waals surface area contributed by atoms with Gasteiger partial charge in [0.2, 0.25) is 0 Å². The van der Waals surface area contributed by atoms with Gasteiger partial charge in [-0.3, -0.25) is 9.20 Å². The second-order valence-corrected chi connectivity index (χ2v) is 8.29. The summed E-state index contributed by atoms with van der Waals surface area (Å²) in [5, 5.41) is 12.0. The molecule has 10 nitrogen and oxygen atoms in total. The maximum absolute atomic E-state index is 13.3. The minimum absolute atomic E-state index is 0.207. The minimum atomic E-state index is -0.269. The van der Waals surface area contributed by atoms with E-state index in [-0.39, 0.29) is 11.6 Å². The summed E-state index contributed by atoms with van der Waals surface area (Å²) in [6.45, 7) is 0.744. The molecule has 0 atom stereocenters. The zero-order valence-electron chi connectivity index (χ0n) is 20.5. The maximum atomic E-state index is 13.3. The molecule has 188 valence electrons. The van der Waals surface area contributed by atoms with Crippen LogP contribution in [0.5, 0.6) is 11.5 Å². The highest BCUT2D eigenvalue weighted by molar-refractivity contribution is 6.00. The van der Waals surface area contributed by atoms with E-state index in [1.54, 1.807) is 55.6 Å². The molecule has 5 aromatic rings. The van der Waals surface area contributed by atoms with Crippen molar-refractivity contribution in [3.05, 3.63) is 95.2 Å². The maximum Gasteiger partial charge on any atom is 0.350 e. The van der Waals surface area contributed by atoms with Gasteiger partial charge < -0.3 is 14.8 Å². The van der Waals surface area contributed by atoms with Gasteiger partial charge in [0.15, 0.2) is 17.1 Å². The van der Waals surface area contributed by atoms with Crippen LogP contribution in [-0.4, -0.2) is 50.6 Å². The molecule has 10 heteroatoms. The minimum Gasteiger partial charge on any atom is -0.493 e. The van der Waals surface area contributed by atoms with Gasteiger partial charge in [-0.2, -0.15) is 5.10 Å². The highest BCUT2D eigenvalue weighted by Crippen LogP contribution is 2.33.